The lowest BCUT2D eigenvalue weighted by Gasteiger charge is -2.27. The standard InChI is InChI=1S/C12H14ClFO/c1-8-2-3-10(14)7-11(8)12-6-9(13)4-5-15-12/h2-3,7,9,12H,4-6H2,1H3. The number of ether oxygens (including phenoxy) is 1. The van der Waals surface area contributed by atoms with E-state index in [-0.39, 0.29) is 17.3 Å². The van der Waals surface area contributed by atoms with Crippen LogP contribution in [0.5, 0.6) is 0 Å². The Morgan fingerprint density at radius 2 is 2.27 bits per heavy atom. The number of rotatable bonds is 1. The quantitative estimate of drug-likeness (QED) is 0.668. The molecule has 0 bridgehead atoms. The van der Waals surface area contributed by atoms with Crippen LogP contribution in [0.3, 0.4) is 0 Å². The second-order valence-corrected chi connectivity index (χ2v) is 4.60. The van der Waals surface area contributed by atoms with Crippen molar-refractivity contribution in [1.82, 2.24) is 0 Å². The average Bonchev–Trinajstić information content (AvgIpc) is 2.22. The third kappa shape index (κ3) is 2.50. The van der Waals surface area contributed by atoms with Crippen molar-refractivity contribution in [2.75, 3.05) is 6.61 Å². The number of hydrogen-bond acceptors (Lipinski definition) is 1. The van der Waals surface area contributed by atoms with Gasteiger partial charge in [-0.2, -0.15) is 0 Å². The van der Waals surface area contributed by atoms with Crippen LogP contribution in [0.4, 0.5) is 4.39 Å². The molecule has 0 amide bonds. The van der Waals surface area contributed by atoms with Gasteiger partial charge in [0.15, 0.2) is 0 Å². The van der Waals surface area contributed by atoms with E-state index in [4.69, 9.17) is 16.3 Å². The predicted octanol–water partition coefficient (Wildman–Crippen LogP) is 3.59. The fraction of sp³-hybridized carbons (Fsp3) is 0.500. The molecule has 1 saturated heterocycles. The maximum absolute atomic E-state index is 13.1. The molecular formula is C12H14ClFO. The van der Waals surface area contributed by atoms with Crippen molar-refractivity contribution in [3.05, 3.63) is 35.1 Å². The largest absolute Gasteiger partial charge is 0.373 e. The van der Waals surface area contributed by atoms with Crippen molar-refractivity contribution in [3.63, 3.8) is 0 Å². The Bertz CT molecular complexity index is 353. The Balaban J connectivity index is 2.24. The van der Waals surface area contributed by atoms with E-state index >= 15 is 0 Å². The van der Waals surface area contributed by atoms with E-state index in [1.165, 1.54) is 6.07 Å². The first-order chi connectivity index (χ1) is 7.16. The number of alkyl halides is 1. The molecule has 0 N–H and O–H groups in total. The van der Waals surface area contributed by atoms with Crippen molar-refractivity contribution >= 4 is 11.6 Å². The molecule has 0 aromatic heterocycles. The van der Waals surface area contributed by atoms with Crippen LogP contribution in [0.2, 0.25) is 0 Å². The van der Waals surface area contributed by atoms with E-state index < -0.39 is 0 Å². The fourth-order valence-corrected chi connectivity index (χ4v) is 2.18. The van der Waals surface area contributed by atoms with Gasteiger partial charge in [0, 0.05) is 12.0 Å². The highest BCUT2D eigenvalue weighted by Crippen LogP contribution is 2.32. The summed E-state index contributed by atoms with van der Waals surface area (Å²) in [5.41, 5.74) is 1.99. The Kier molecular flexibility index (Phi) is 3.27. The van der Waals surface area contributed by atoms with Gasteiger partial charge in [-0.3, -0.25) is 0 Å². The molecule has 1 aliphatic heterocycles. The molecule has 1 nitrogen and oxygen atoms in total. The third-order valence-electron chi connectivity index (χ3n) is 2.81. The minimum absolute atomic E-state index is 0.0445. The lowest BCUT2D eigenvalue weighted by atomic mass is 9.97. The zero-order valence-corrected chi connectivity index (χ0v) is 9.43. The van der Waals surface area contributed by atoms with Crippen LogP contribution in [0.15, 0.2) is 18.2 Å². The normalized spacial score (nSPS) is 26.6. The maximum Gasteiger partial charge on any atom is 0.123 e. The Hall–Kier alpha value is -0.600. The van der Waals surface area contributed by atoms with Gasteiger partial charge < -0.3 is 4.74 Å². The highest BCUT2D eigenvalue weighted by Gasteiger charge is 2.23. The first-order valence-corrected chi connectivity index (χ1v) is 5.62. The van der Waals surface area contributed by atoms with Crippen LogP contribution in [-0.2, 0) is 4.74 Å². The molecule has 2 atom stereocenters. The van der Waals surface area contributed by atoms with E-state index in [0.29, 0.717) is 6.61 Å². The van der Waals surface area contributed by atoms with Gasteiger partial charge in [-0.15, -0.1) is 11.6 Å². The number of aryl methyl sites for hydroxylation is 1. The summed E-state index contributed by atoms with van der Waals surface area (Å²) in [6.45, 7) is 2.63. The topological polar surface area (TPSA) is 9.23 Å². The van der Waals surface area contributed by atoms with Crippen molar-refractivity contribution < 1.29 is 9.13 Å². The van der Waals surface area contributed by atoms with Crippen molar-refractivity contribution in [2.45, 2.75) is 31.2 Å². The van der Waals surface area contributed by atoms with E-state index in [1.807, 2.05) is 6.92 Å². The average molecular weight is 229 g/mol. The second-order valence-electron chi connectivity index (χ2n) is 3.98. The minimum atomic E-state index is -0.212. The van der Waals surface area contributed by atoms with Gasteiger partial charge in [-0.25, -0.2) is 4.39 Å². The highest BCUT2D eigenvalue weighted by molar-refractivity contribution is 6.20. The van der Waals surface area contributed by atoms with Gasteiger partial charge in [0.05, 0.1) is 6.10 Å². The summed E-state index contributed by atoms with van der Waals surface area (Å²) in [6, 6.07) is 4.81. The molecule has 0 saturated carbocycles. The molecule has 15 heavy (non-hydrogen) atoms. The van der Waals surface area contributed by atoms with E-state index in [1.54, 1.807) is 12.1 Å². The number of halogens is 2. The Morgan fingerprint density at radius 1 is 1.47 bits per heavy atom. The molecule has 1 fully saturated rings. The molecule has 1 aliphatic rings. The van der Waals surface area contributed by atoms with Gasteiger partial charge in [0.25, 0.3) is 0 Å². The van der Waals surface area contributed by atoms with Crippen LogP contribution in [0.25, 0.3) is 0 Å². The molecule has 1 heterocycles. The van der Waals surface area contributed by atoms with Crippen molar-refractivity contribution in [2.24, 2.45) is 0 Å². The number of benzene rings is 1. The van der Waals surface area contributed by atoms with Crippen molar-refractivity contribution in [3.8, 4) is 0 Å². The predicted molar refractivity (Wildman–Crippen MR) is 58.7 cm³/mol. The van der Waals surface area contributed by atoms with Crippen LogP contribution in [0.1, 0.15) is 30.1 Å². The molecule has 0 radical (unpaired) electrons. The Labute approximate surface area is 94.2 Å². The molecule has 82 valence electrons. The monoisotopic (exact) mass is 228 g/mol. The molecule has 0 spiro atoms. The first-order valence-electron chi connectivity index (χ1n) is 5.18. The molecule has 2 unspecified atom stereocenters. The van der Waals surface area contributed by atoms with Gasteiger partial charge in [-0.1, -0.05) is 6.07 Å². The number of hydrogen-bond donors (Lipinski definition) is 0. The van der Waals surface area contributed by atoms with Gasteiger partial charge in [0.1, 0.15) is 5.82 Å². The highest BCUT2D eigenvalue weighted by atomic mass is 35.5. The van der Waals surface area contributed by atoms with Gasteiger partial charge >= 0.3 is 0 Å². The fourth-order valence-electron chi connectivity index (χ4n) is 1.93. The molecule has 3 heteroatoms. The lowest BCUT2D eigenvalue weighted by Crippen LogP contribution is -2.20. The van der Waals surface area contributed by atoms with E-state index in [0.717, 1.165) is 24.0 Å². The van der Waals surface area contributed by atoms with Crippen LogP contribution in [0, 0.1) is 12.7 Å². The van der Waals surface area contributed by atoms with Gasteiger partial charge in [0.2, 0.25) is 0 Å². The zero-order valence-electron chi connectivity index (χ0n) is 8.67. The maximum atomic E-state index is 13.1. The van der Waals surface area contributed by atoms with Gasteiger partial charge in [-0.05, 0) is 43.0 Å². The zero-order chi connectivity index (χ0) is 10.8. The van der Waals surface area contributed by atoms with E-state index in [2.05, 4.69) is 0 Å². The lowest BCUT2D eigenvalue weighted by molar-refractivity contribution is 0.0163. The molecule has 2 rings (SSSR count). The summed E-state index contributed by atoms with van der Waals surface area (Å²) < 4.78 is 18.7. The van der Waals surface area contributed by atoms with Crippen molar-refractivity contribution in [1.29, 1.82) is 0 Å². The molecular weight excluding hydrogens is 215 g/mol. The summed E-state index contributed by atoms with van der Waals surface area (Å²) in [4.78, 5) is 0. The molecule has 1 aromatic rings. The smallest absolute Gasteiger partial charge is 0.123 e. The molecule has 1 aromatic carbocycles. The third-order valence-corrected chi connectivity index (χ3v) is 3.20. The van der Waals surface area contributed by atoms with Crippen LogP contribution < -0.4 is 0 Å². The minimum Gasteiger partial charge on any atom is -0.373 e. The second kappa shape index (κ2) is 4.50. The summed E-state index contributed by atoms with van der Waals surface area (Å²) in [6.07, 6.45) is 1.61. The summed E-state index contributed by atoms with van der Waals surface area (Å²) in [5, 5.41) is 0.145. The van der Waals surface area contributed by atoms with Crippen LogP contribution in [-0.4, -0.2) is 12.0 Å². The Morgan fingerprint density at radius 3 is 3.00 bits per heavy atom. The first kappa shape index (κ1) is 10.9. The summed E-state index contributed by atoms with van der Waals surface area (Å²) >= 11 is 6.08. The summed E-state index contributed by atoms with van der Waals surface area (Å²) in [7, 11) is 0. The molecule has 0 aliphatic carbocycles. The van der Waals surface area contributed by atoms with Crippen LogP contribution >= 0.6 is 11.6 Å². The van der Waals surface area contributed by atoms with E-state index in [9.17, 15) is 4.39 Å². The SMILES string of the molecule is Cc1ccc(F)cc1C1CC(Cl)CCO1. The summed E-state index contributed by atoms with van der Waals surface area (Å²) in [5.74, 6) is -0.212.